The Morgan fingerprint density at radius 1 is 1.33 bits per heavy atom. The molecule has 2 heterocycles. The Hall–Kier alpha value is -2.05. The number of guanidine groups is 1. The number of amides is 1. The minimum atomic E-state index is 0.310. The highest BCUT2D eigenvalue weighted by atomic mass is 16.2. The zero-order valence-corrected chi connectivity index (χ0v) is 14.9. The van der Waals surface area contributed by atoms with Crippen LogP contribution in [0.15, 0.2) is 17.4 Å². The number of aryl methyl sites for hydroxylation is 1. The van der Waals surface area contributed by atoms with Crippen LogP contribution in [0.5, 0.6) is 0 Å². The van der Waals surface area contributed by atoms with E-state index in [1.54, 1.807) is 4.68 Å². The molecule has 2 rings (SSSR count). The Kier molecular flexibility index (Phi) is 7.58. The van der Waals surface area contributed by atoms with Crippen LogP contribution in [-0.2, 0) is 18.4 Å². The zero-order valence-electron chi connectivity index (χ0n) is 14.9. The third kappa shape index (κ3) is 6.22. The monoisotopic (exact) mass is 334 g/mol. The van der Waals surface area contributed by atoms with Crippen molar-refractivity contribution in [3.63, 3.8) is 0 Å². The van der Waals surface area contributed by atoms with Gasteiger partial charge in [0, 0.05) is 51.4 Å². The molecule has 134 valence electrons. The lowest BCUT2D eigenvalue weighted by Crippen LogP contribution is -2.39. The molecule has 0 aromatic carbocycles. The fourth-order valence-corrected chi connectivity index (χ4v) is 2.82. The van der Waals surface area contributed by atoms with E-state index in [0.717, 1.165) is 57.0 Å². The van der Waals surface area contributed by atoms with Crippen LogP contribution >= 0.6 is 0 Å². The molecule has 1 aliphatic heterocycles. The number of carbonyl (C=O) groups excluding carboxylic acids is 1. The summed E-state index contributed by atoms with van der Waals surface area (Å²) in [5, 5.41) is 10.7. The lowest BCUT2D eigenvalue weighted by molar-refractivity contribution is -0.130. The van der Waals surface area contributed by atoms with Gasteiger partial charge in [0.15, 0.2) is 5.96 Å². The van der Waals surface area contributed by atoms with E-state index in [1.165, 1.54) is 6.42 Å². The van der Waals surface area contributed by atoms with Gasteiger partial charge in [0.25, 0.3) is 0 Å². The van der Waals surface area contributed by atoms with Gasteiger partial charge in [-0.1, -0.05) is 6.42 Å². The molecule has 0 bridgehead atoms. The fraction of sp³-hybridized carbons (Fsp3) is 0.706. The summed E-state index contributed by atoms with van der Waals surface area (Å²) < 4.78 is 1.78. The first-order valence-corrected chi connectivity index (χ1v) is 8.96. The SMILES string of the molecule is CCNC(=NCc1cnn(C)c1)NCCCN1CCCCCC1=O. The third-order valence-corrected chi connectivity index (χ3v) is 4.09. The van der Waals surface area contributed by atoms with E-state index >= 15 is 0 Å². The molecule has 7 heteroatoms. The van der Waals surface area contributed by atoms with Crippen LogP contribution in [0.4, 0.5) is 0 Å². The highest BCUT2D eigenvalue weighted by molar-refractivity contribution is 5.79. The number of hydrogen-bond donors (Lipinski definition) is 2. The predicted molar refractivity (Wildman–Crippen MR) is 95.7 cm³/mol. The molecule has 0 unspecified atom stereocenters. The van der Waals surface area contributed by atoms with Crippen molar-refractivity contribution in [2.24, 2.45) is 12.0 Å². The van der Waals surface area contributed by atoms with E-state index in [9.17, 15) is 4.79 Å². The third-order valence-electron chi connectivity index (χ3n) is 4.09. The largest absolute Gasteiger partial charge is 0.357 e. The van der Waals surface area contributed by atoms with E-state index < -0.39 is 0 Å². The van der Waals surface area contributed by atoms with Gasteiger partial charge in [-0.25, -0.2) is 4.99 Å². The minimum Gasteiger partial charge on any atom is -0.357 e. The molecule has 1 saturated heterocycles. The summed E-state index contributed by atoms with van der Waals surface area (Å²) in [7, 11) is 1.90. The van der Waals surface area contributed by atoms with Gasteiger partial charge in [-0.3, -0.25) is 9.48 Å². The number of nitrogens with zero attached hydrogens (tertiary/aromatic N) is 4. The van der Waals surface area contributed by atoms with Gasteiger partial charge in [-0.2, -0.15) is 5.10 Å². The van der Waals surface area contributed by atoms with Crippen molar-refractivity contribution in [3.8, 4) is 0 Å². The molecule has 2 N–H and O–H groups in total. The average molecular weight is 334 g/mol. The molecule has 1 aromatic heterocycles. The second kappa shape index (κ2) is 9.95. The van der Waals surface area contributed by atoms with Gasteiger partial charge < -0.3 is 15.5 Å². The number of rotatable bonds is 7. The van der Waals surface area contributed by atoms with Crippen LogP contribution in [0.25, 0.3) is 0 Å². The van der Waals surface area contributed by atoms with Crippen molar-refractivity contribution in [2.45, 2.75) is 45.6 Å². The summed E-state index contributed by atoms with van der Waals surface area (Å²) >= 11 is 0. The highest BCUT2D eigenvalue weighted by Crippen LogP contribution is 2.11. The van der Waals surface area contributed by atoms with Crippen LogP contribution in [0, 0.1) is 0 Å². The topological polar surface area (TPSA) is 74.6 Å². The Morgan fingerprint density at radius 3 is 2.96 bits per heavy atom. The first-order chi connectivity index (χ1) is 11.7. The van der Waals surface area contributed by atoms with Crippen molar-refractivity contribution in [1.29, 1.82) is 0 Å². The van der Waals surface area contributed by atoms with Gasteiger partial charge in [0.2, 0.25) is 5.91 Å². The average Bonchev–Trinajstić information content (AvgIpc) is 2.87. The van der Waals surface area contributed by atoms with Gasteiger partial charge >= 0.3 is 0 Å². The van der Waals surface area contributed by atoms with E-state index in [-0.39, 0.29) is 0 Å². The summed E-state index contributed by atoms with van der Waals surface area (Å²) in [5.41, 5.74) is 1.09. The molecule has 0 aliphatic carbocycles. The van der Waals surface area contributed by atoms with Gasteiger partial charge in [0.05, 0.1) is 12.7 Å². The predicted octanol–water partition coefficient (Wildman–Crippen LogP) is 1.27. The van der Waals surface area contributed by atoms with Crippen LogP contribution in [0.2, 0.25) is 0 Å². The van der Waals surface area contributed by atoms with Crippen LogP contribution in [0.3, 0.4) is 0 Å². The van der Waals surface area contributed by atoms with Crippen molar-refractivity contribution in [3.05, 3.63) is 18.0 Å². The minimum absolute atomic E-state index is 0.310. The van der Waals surface area contributed by atoms with Crippen molar-refractivity contribution in [2.75, 3.05) is 26.2 Å². The summed E-state index contributed by atoms with van der Waals surface area (Å²) in [4.78, 5) is 18.5. The summed E-state index contributed by atoms with van der Waals surface area (Å²) in [6, 6.07) is 0. The molecule has 0 spiro atoms. The first kappa shape index (κ1) is 18.3. The highest BCUT2D eigenvalue weighted by Gasteiger charge is 2.15. The number of hydrogen-bond acceptors (Lipinski definition) is 3. The van der Waals surface area contributed by atoms with Gasteiger partial charge in [-0.05, 0) is 26.2 Å². The second-order valence-electron chi connectivity index (χ2n) is 6.19. The van der Waals surface area contributed by atoms with Gasteiger partial charge in [-0.15, -0.1) is 0 Å². The molecule has 1 fully saturated rings. The standard InChI is InChI=1S/C17H30N6O/c1-3-18-17(20-12-15-13-21-22(2)14-15)19-9-7-11-23-10-6-4-5-8-16(23)24/h13-14H,3-12H2,1-2H3,(H2,18,19,20). The normalized spacial score (nSPS) is 16.2. The molecule has 1 aliphatic rings. The fourth-order valence-electron chi connectivity index (χ4n) is 2.82. The van der Waals surface area contributed by atoms with Crippen molar-refractivity contribution in [1.82, 2.24) is 25.3 Å². The summed E-state index contributed by atoms with van der Waals surface area (Å²) in [6.45, 7) is 6.03. The quantitative estimate of drug-likeness (QED) is 0.447. The van der Waals surface area contributed by atoms with E-state index in [0.29, 0.717) is 18.9 Å². The lowest BCUT2D eigenvalue weighted by atomic mass is 10.2. The van der Waals surface area contributed by atoms with Crippen molar-refractivity contribution >= 4 is 11.9 Å². The van der Waals surface area contributed by atoms with E-state index in [1.807, 2.05) is 24.3 Å². The zero-order chi connectivity index (χ0) is 17.2. The maximum atomic E-state index is 12.0. The second-order valence-corrected chi connectivity index (χ2v) is 6.19. The number of aromatic nitrogens is 2. The Balaban J connectivity index is 1.73. The molecule has 0 atom stereocenters. The molecule has 0 radical (unpaired) electrons. The number of nitrogens with one attached hydrogen (secondary N) is 2. The van der Waals surface area contributed by atoms with Crippen LogP contribution in [-0.4, -0.2) is 52.7 Å². The van der Waals surface area contributed by atoms with E-state index in [2.05, 4.69) is 27.6 Å². The molecular formula is C17H30N6O. The Morgan fingerprint density at radius 2 is 2.21 bits per heavy atom. The maximum Gasteiger partial charge on any atom is 0.222 e. The Bertz CT molecular complexity index is 539. The molecule has 24 heavy (non-hydrogen) atoms. The van der Waals surface area contributed by atoms with E-state index in [4.69, 9.17) is 0 Å². The smallest absolute Gasteiger partial charge is 0.222 e. The van der Waals surface area contributed by atoms with Gasteiger partial charge in [0.1, 0.15) is 0 Å². The van der Waals surface area contributed by atoms with Crippen LogP contribution < -0.4 is 10.6 Å². The molecule has 0 saturated carbocycles. The number of likely N-dealkylation sites (tertiary alicyclic amines) is 1. The lowest BCUT2D eigenvalue weighted by Gasteiger charge is -2.20. The molecule has 1 amide bonds. The summed E-state index contributed by atoms with van der Waals surface area (Å²) in [6.07, 6.45) is 8.79. The van der Waals surface area contributed by atoms with Crippen LogP contribution in [0.1, 0.15) is 44.6 Å². The number of aliphatic imine (C=N–C) groups is 1. The summed E-state index contributed by atoms with van der Waals surface area (Å²) in [5.74, 6) is 1.12. The first-order valence-electron chi connectivity index (χ1n) is 8.96. The molecule has 7 nitrogen and oxygen atoms in total. The van der Waals surface area contributed by atoms with Crippen molar-refractivity contribution < 1.29 is 4.79 Å². The number of carbonyl (C=O) groups is 1. The maximum absolute atomic E-state index is 12.0. The molecular weight excluding hydrogens is 304 g/mol. The Labute approximate surface area is 144 Å². The molecule has 1 aromatic rings.